The second kappa shape index (κ2) is 40.5. The molecule has 0 spiro atoms. The van der Waals surface area contributed by atoms with Crippen molar-refractivity contribution in [2.45, 2.75) is 232 Å². The summed E-state index contributed by atoms with van der Waals surface area (Å²) in [6, 6.07) is 0. The van der Waals surface area contributed by atoms with E-state index in [-0.39, 0.29) is 18.7 Å². The van der Waals surface area contributed by atoms with Crippen molar-refractivity contribution >= 4 is 28.6 Å². The van der Waals surface area contributed by atoms with Crippen molar-refractivity contribution in [3.63, 3.8) is 0 Å². The predicted molar refractivity (Wildman–Crippen MR) is 216 cm³/mol. The van der Waals surface area contributed by atoms with E-state index in [1.165, 1.54) is 184 Å². The molecule has 0 bridgehead atoms. The molecule has 0 saturated carbocycles. The Kier molecular flexibility index (Phi) is 40.7. The Morgan fingerprint density at radius 1 is 0.511 bits per heavy atom. The largest absolute Gasteiger partial charge is 0.462 e. The van der Waals surface area contributed by atoms with E-state index in [1.807, 2.05) is 0 Å². The fraction of sp³-hybridized carbons (Fsp3) is 0.976. The number of hydrogen-bond donors (Lipinski definition) is 1. The highest BCUT2D eigenvalue weighted by atomic mass is 127. The lowest BCUT2D eigenvalue weighted by Crippen LogP contribution is -2.29. The van der Waals surface area contributed by atoms with Crippen LogP contribution >= 0.6 is 22.6 Å². The van der Waals surface area contributed by atoms with Crippen molar-refractivity contribution < 1.29 is 14.6 Å². The third-order valence-electron chi connectivity index (χ3n) is 9.94. The van der Waals surface area contributed by atoms with Gasteiger partial charge in [-0.05, 0) is 68.9 Å². The Bertz CT molecular complexity index is 604. The number of halogens is 1. The first-order chi connectivity index (χ1) is 23.2. The number of aliphatic hydroxyl groups is 1. The van der Waals surface area contributed by atoms with Crippen LogP contribution in [0.25, 0.3) is 0 Å². The molecule has 0 fully saturated rings. The van der Waals surface area contributed by atoms with Crippen LogP contribution in [0.3, 0.4) is 0 Å². The first kappa shape index (κ1) is 47.1. The van der Waals surface area contributed by atoms with Crippen LogP contribution in [0.4, 0.5) is 0 Å². The Hall–Kier alpha value is 0.120. The standard InChI is InChI=1S/C42H84INO3/c1-3-5-7-9-22-28-34-41(33-27-21-8-6-4-2)47-42(46)35-29-23-20-26-32-38-44(39-40-45)37-31-25-19-17-15-13-11-10-12-14-16-18-24-30-36-43/h41,45H,3-40H2,1-2H3. The number of carbonyl (C=O) groups excluding carboxylic acids is 1. The number of unbranched alkanes of at least 4 members (excludes halogenated alkanes) is 26. The van der Waals surface area contributed by atoms with Crippen LogP contribution in [0.2, 0.25) is 0 Å². The lowest BCUT2D eigenvalue weighted by Gasteiger charge is -2.21. The molecule has 282 valence electrons. The smallest absolute Gasteiger partial charge is 0.306 e. The second-order valence-corrected chi connectivity index (χ2v) is 15.7. The van der Waals surface area contributed by atoms with E-state index in [1.54, 1.807) is 0 Å². The summed E-state index contributed by atoms with van der Waals surface area (Å²) in [4.78, 5) is 15.1. The van der Waals surface area contributed by atoms with Crippen molar-refractivity contribution in [2.24, 2.45) is 0 Å². The molecule has 47 heavy (non-hydrogen) atoms. The van der Waals surface area contributed by atoms with E-state index in [4.69, 9.17) is 4.74 Å². The zero-order valence-corrected chi connectivity index (χ0v) is 34.2. The highest BCUT2D eigenvalue weighted by Gasteiger charge is 2.14. The Morgan fingerprint density at radius 2 is 0.872 bits per heavy atom. The van der Waals surface area contributed by atoms with Gasteiger partial charge in [-0.15, -0.1) is 0 Å². The molecule has 1 unspecified atom stereocenters. The van der Waals surface area contributed by atoms with E-state index < -0.39 is 0 Å². The number of ether oxygens (including phenoxy) is 1. The Labute approximate surface area is 309 Å². The molecule has 4 nitrogen and oxygen atoms in total. The molecular weight excluding hydrogens is 693 g/mol. The normalized spacial score (nSPS) is 12.3. The van der Waals surface area contributed by atoms with Gasteiger partial charge in [0.1, 0.15) is 6.10 Å². The van der Waals surface area contributed by atoms with Crippen molar-refractivity contribution in [1.29, 1.82) is 0 Å². The van der Waals surface area contributed by atoms with Crippen molar-refractivity contribution in [3.8, 4) is 0 Å². The number of hydrogen-bond acceptors (Lipinski definition) is 4. The molecule has 0 rings (SSSR count). The van der Waals surface area contributed by atoms with Crippen LogP contribution in [-0.2, 0) is 9.53 Å². The predicted octanol–water partition coefficient (Wildman–Crippen LogP) is 13.5. The van der Waals surface area contributed by atoms with Gasteiger partial charge in [-0.2, -0.15) is 0 Å². The molecule has 0 aromatic heterocycles. The molecule has 1 atom stereocenters. The summed E-state index contributed by atoms with van der Waals surface area (Å²) in [5.41, 5.74) is 0. The molecule has 0 saturated heterocycles. The topological polar surface area (TPSA) is 49.8 Å². The monoisotopic (exact) mass is 778 g/mol. The molecule has 0 aliphatic heterocycles. The maximum Gasteiger partial charge on any atom is 0.306 e. The average Bonchev–Trinajstić information content (AvgIpc) is 3.07. The first-order valence-corrected chi connectivity index (χ1v) is 22.8. The third-order valence-corrected chi connectivity index (χ3v) is 10.7. The lowest BCUT2D eigenvalue weighted by molar-refractivity contribution is -0.150. The van der Waals surface area contributed by atoms with Crippen molar-refractivity contribution in [2.75, 3.05) is 30.7 Å². The minimum atomic E-state index is 0.0342. The summed E-state index contributed by atoms with van der Waals surface area (Å²) in [6.45, 7) is 7.82. The summed E-state index contributed by atoms with van der Waals surface area (Å²) in [7, 11) is 0. The van der Waals surface area contributed by atoms with Crippen molar-refractivity contribution in [1.82, 2.24) is 4.90 Å². The van der Waals surface area contributed by atoms with Crippen LogP contribution in [0.1, 0.15) is 226 Å². The van der Waals surface area contributed by atoms with E-state index in [2.05, 4.69) is 41.3 Å². The maximum absolute atomic E-state index is 12.6. The van der Waals surface area contributed by atoms with Gasteiger partial charge in [-0.3, -0.25) is 4.79 Å². The van der Waals surface area contributed by atoms with Gasteiger partial charge >= 0.3 is 5.97 Å². The van der Waals surface area contributed by atoms with Crippen LogP contribution < -0.4 is 0 Å². The van der Waals surface area contributed by atoms with Crippen LogP contribution in [0, 0.1) is 0 Å². The highest BCUT2D eigenvalue weighted by Crippen LogP contribution is 2.18. The molecule has 0 radical (unpaired) electrons. The zero-order valence-electron chi connectivity index (χ0n) is 32.0. The van der Waals surface area contributed by atoms with Gasteiger partial charge in [0, 0.05) is 13.0 Å². The maximum atomic E-state index is 12.6. The molecular formula is C42H84INO3. The number of aliphatic hydroxyl groups excluding tert-OH is 1. The summed E-state index contributed by atoms with van der Waals surface area (Å²) in [6.07, 6.45) is 42.3. The zero-order chi connectivity index (χ0) is 34.3. The SMILES string of the molecule is CCCCCCCCC(CCCCCCC)OC(=O)CCCCCCCN(CCO)CCCCCCCCCCCCCCCCI. The molecule has 0 amide bonds. The van der Waals surface area contributed by atoms with Gasteiger partial charge in [-0.25, -0.2) is 0 Å². The minimum absolute atomic E-state index is 0.0342. The van der Waals surface area contributed by atoms with E-state index >= 15 is 0 Å². The summed E-state index contributed by atoms with van der Waals surface area (Å²) >= 11 is 2.49. The quantitative estimate of drug-likeness (QED) is 0.0291. The van der Waals surface area contributed by atoms with Gasteiger partial charge < -0.3 is 14.7 Å². The van der Waals surface area contributed by atoms with Crippen LogP contribution in [0.15, 0.2) is 0 Å². The third kappa shape index (κ3) is 37.2. The Balaban J connectivity index is 3.86. The van der Waals surface area contributed by atoms with Gasteiger partial charge in [0.05, 0.1) is 6.61 Å². The van der Waals surface area contributed by atoms with Crippen LogP contribution in [0.5, 0.6) is 0 Å². The molecule has 0 aliphatic carbocycles. The van der Waals surface area contributed by atoms with Gasteiger partial charge in [-0.1, -0.05) is 191 Å². The Morgan fingerprint density at radius 3 is 1.28 bits per heavy atom. The van der Waals surface area contributed by atoms with E-state index in [0.29, 0.717) is 6.42 Å². The minimum Gasteiger partial charge on any atom is -0.462 e. The summed E-state index contributed by atoms with van der Waals surface area (Å²) in [5, 5.41) is 9.54. The van der Waals surface area contributed by atoms with E-state index in [0.717, 1.165) is 45.3 Å². The number of esters is 1. The molecule has 5 heteroatoms. The number of nitrogens with zero attached hydrogens (tertiary/aromatic N) is 1. The highest BCUT2D eigenvalue weighted by molar-refractivity contribution is 14.1. The lowest BCUT2D eigenvalue weighted by atomic mass is 10.0. The number of alkyl halides is 1. The van der Waals surface area contributed by atoms with Gasteiger partial charge in [0.2, 0.25) is 0 Å². The molecule has 0 aliphatic rings. The number of carbonyl (C=O) groups is 1. The fourth-order valence-corrected chi connectivity index (χ4v) is 7.34. The molecule has 0 heterocycles. The van der Waals surface area contributed by atoms with Crippen LogP contribution in [-0.4, -0.2) is 52.7 Å². The average molecular weight is 778 g/mol. The fourth-order valence-electron chi connectivity index (χ4n) is 6.80. The van der Waals surface area contributed by atoms with Gasteiger partial charge in [0.15, 0.2) is 0 Å². The molecule has 1 N–H and O–H groups in total. The summed E-state index contributed by atoms with van der Waals surface area (Å²) in [5.74, 6) is 0.0342. The second-order valence-electron chi connectivity index (χ2n) is 14.6. The van der Waals surface area contributed by atoms with Crippen molar-refractivity contribution in [3.05, 3.63) is 0 Å². The van der Waals surface area contributed by atoms with E-state index in [9.17, 15) is 9.90 Å². The van der Waals surface area contributed by atoms with Gasteiger partial charge in [0.25, 0.3) is 0 Å². The first-order valence-electron chi connectivity index (χ1n) is 21.3. The summed E-state index contributed by atoms with van der Waals surface area (Å²) < 4.78 is 7.33. The molecule has 0 aromatic carbocycles. The number of rotatable bonds is 40. The molecule has 0 aromatic rings.